The van der Waals surface area contributed by atoms with Crippen LogP contribution in [0.3, 0.4) is 0 Å². The molecule has 4 heterocycles. The van der Waals surface area contributed by atoms with Crippen molar-refractivity contribution in [3.63, 3.8) is 0 Å². The number of aromatic nitrogens is 4. The number of hydrogen-bond donors (Lipinski definition) is 0. The molecular weight excluding hydrogens is 544 g/mol. The molecule has 0 unspecified atom stereocenters. The Bertz CT molecular complexity index is 2990. The van der Waals surface area contributed by atoms with Gasteiger partial charge in [-0.1, -0.05) is 36.4 Å². The number of benzene rings is 7. The number of rotatable bonds is 0. The van der Waals surface area contributed by atoms with Gasteiger partial charge in [-0.25, -0.2) is 9.97 Å². The SMILES string of the molecule is Cc1ccc2c(c1)nc1c3ccc4c5ccc6c(=O)n7c8ccc(C)cc8nc7c7ccc(c8ccc(c(=O)n21)c3c84)c5c67. The molecule has 204 valence electrons. The molecule has 0 radical (unpaired) electrons. The summed E-state index contributed by atoms with van der Waals surface area (Å²) >= 11 is 0. The molecule has 0 saturated carbocycles. The molecule has 6 heteroatoms. The van der Waals surface area contributed by atoms with Crippen LogP contribution in [0.4, 0.5) is 0 Å². The van der Waals surface area contributed by atoms with E-state index < -0.39 is 0 Å². The molecule has 0 atom stereocenters. The molecule has 0 fully saturated rings. The van der Waals surface area contributed by atoms with Crippen molar-refractivity contribution in [3.8, 4) is 0 Å². The largest absolute Gasteiger partial charge is 0.268 e. The summed E-state index contributed by atoms with van der Waals surface area (Å²) in [5.41, 5.74) is 6.76. The standard InChI is InChI=1S/C38H20N4O2/c1-17-3-13-29-27(15-17)39-35-23-9-5-19-22-8-12-26-34-24(36-40-28-16-18(2)4-14-30(28)42(36)38(26)44)10-6-20(32(22)34)21-7-11-25(33(23)31(19)21)37(43)41(29)35/h3-16H,1-2H3. The van der Waals surface area contributed by atoms with Gasteiger partial charge in [0.25, 0.3) is 11.1 Å². The molecule has 0 amide bonds. The first-order valence-corrected chi connectivity index (χ1v) is 14.8. The number of pyridine rings is 2. The van der Waals surface area contributed by atoms with Crippen molar-refractivity contribution in [2.45, 2.75) is 13.8 Å². The quantitative estimate of drug-likeness (QED) is 0.139. The van der Waals surface area contributed by atoms with Gasteiger partial charge in [-0.2, -0.15) is 0 Å². The summed E-state index contributed by atoms with van der Waals surface area (Å²) in [6.07, 6.45) is 0. The Hall–Kier alpha value is -5.88. The lowest BCUT2D eigenvalue weighted by molar-refractivity contribution is 1.19. The lowest BCUT2D eigenvalue weighted by atomic mass is 9.86. The van der Waals surface area contributed by atoms with Gasteiger partial charge in [0.1, 0.15) is 11.3 Å². The van der Waals surface area contributed by atoms with Crippen molar-refractivity contribution in [1.82, 2.24) is 18.8 Å². The zero-order valence-corrected chi connectivity index (χ0v) is 23.7. The molecule has 0 spiro atoms. The normalized spacial score (nSPS) is 13.0. The molecule has 6 nitrogen and oxygen atoms in total. The Morgan fingerprint density at radius 3 is 1.18 bits per heavy atom. The zero-order valence-electron chi connectivity index (χ0n) is 23.7. The molecule has 0 N–H and O–H groups in total. The van der Waals surface area contributed by atoms with Gasteiger partial charge >= 0.3 is 0 Å². The lowest BCUT2D eigenvalue weighted by Crippen LogP contribution is -2.14. The Morgan fingerprint density at radius 2 is 0.773 bits per heavy atom. The third-order valence-electron chi connectivity index (χ3n) is 9.87. The first kappa shape index (κ1) is 22.7. The molecular formula is C38H20N4O2. The van der Waals surface area contributed by atoms with Crippen molar-refractivity contribution in [1.29, 1.82) is 0 Å². The van der Waals surface area contributed by atoms with E-state index in [0.29, 0.717) is 22.1 Å². The lowest BCUT2D eigenvalue weighted by Gasteiger charge is -2.18. The topological polar surface area (TPSA) is 68.7 Å². The van der Waals surface area contributed by atoms with E-state index in [2.05, 4.69) is 36.4 Å². The van der Waals surface area contributed by atoms with Crippen LogP contribution in [-0.4, -0.2) is 18.8 Å². The molecule has 0 saturated heterocycles. The highest BCUT2D eigenvalue weighted by molar-refractivity contribution is 6.40. The van der Waals surface area contributed by atoms with Crippen LogP contribution in [0.1, 0.15) is 11.1 Å². The summed E-state index contributed by atoms with van der Waals surface area (Å²) < 4.78 is 3.52. The molecule has 0 aliphatic heterocycles. The predicted molar refractivity (Wildman–Crippen MR) is 180 cm³/mol. The maximum absolute atomic E-state index is 14.1. The minimum Gasteiger partial charge on any atom is -0.268 e. The number of hydrogen-bond acceptors (Lipinski definition) is 4. The summed E-state index contributed by atoms with van der Waals surface area (Å²) in [4.78, 5) is 38.1. The molecule has 44 heavy (non-hydrogen) atoms. The molecule has 4 aromatic heterocycles. The minimum atomic E-state index is -0.0571. The zero-order chi connectivity index (χ0) is 29.2. The van der Waals surface area contributed by atoms with Crippen LogP contribution in [-0.2, 0) is 0 Å². The van der Waals surface area contributed by atoms with E-state index in [1.165, 1.54) is 0 Å². The second-order valence-corrected chi connectivity index (χ2v) is 12.3. The Labute approximate surface area is 247 Å². The van der Waals surface area contributed by atoms with Crippen molar-refractivity contribution in [2.24, 2.45) is 0 Å². The van der Waals surface area contributed by atoms with Crippen LogP contribution in [0.15, 0.2) is 94.5 Å². The predicted octanol–water partition coefficient (Wildman–Crippen LogP) is 7.86. The average Bonchev–Trinajstić information content (AvgIpc) is 3.60. The van der Waals surface area contributed by atoms with Gasteiger partial charge < -0.3 is 0 Å². The van der Waals surface area contributed by atoms with Crippen molar-refractivity contribution < 1.29 is 0 Å². The molecule has 7 aromatic carbocycles. The molecule has 0 aliphatic rings. The first-order valence-electron chi connectivity index (χ1n) is 14.8. The smallest absolute Gasteiger partial charge is 0.264 e. The monoisotopic (exact) mass is 564 g/mol. The van der Waals surface area contributed by atoms with E-state index >= 15 is 0 Å². The highest BCUT2D eigenvalue weighted by Gasteiger charge is 2.23. The third-order valence-corrected chi connectivity index (χ3v) is 9.87. The number of nitrogens with zero attached hydrogens (tertiary/aromatic N) is 4. The van der Waals surface area contributed by atoms with E-state index in [9.17, 15) is 9.59 Å². The molecule has 0 bridgehead atoms. The van der Waals surface area contributed by atoms with Gasteiger partial charge in [0, 0.05) is 32.3 Å². The summed E-state index contributed by atoms with van der Waals surface area (Å²) in [6.45, 7) is 4.08. The van der Waals surface area contributed by atoms with Gasteiger partial charge in [-0.15, -0.1) is 0 Å². The number of fused-ring (bicyclic) bond motifs is 10. The van der Waals surface area contributed by atoms with E-state index in [1.807, 2.05) is 62.4 Å². The van der Waals surface area contributed by atoms with Gasteiger partial charge in [0.05, 0.1) is 22.1 Å². The van der Waals surface area contributed by atoms with Crippen LogP contribution in [0, 0.1) is 13.8 Å². The summed E-state index contributed by atoms with van der Waals surface area (Å²) in [5, 5.41) is 11.5. The Balaban J connectivity index is 1.37. The summed E-state index contributed by atoms with van der Waals surface area (Å²) in [6, 6.07) is 28.7. The molecule has 11 rings (SSSR count). The Kier molecular flexibility index (Phi) is 3.70. The fourth-order valence-electron chi connectivity index (χ4n) is 8.01. The van der Waals surface area contributed by atoms with E-state index in [4.69, 9.17) is 9.97 Å². The van der Waals surface area contributed by atoms with Crippen molar-refractivity contribution in [3.05, 3.63) is 117 Å². The van der Waals surface area contributed by atoms with Gasteiger partial charge in [-0.3, -0.25) is 18.4 Å². The highest BCUT2D eigenvalue weighted by Crippen LogP contribution is 2.45. The maximum Gasteiger partial charge on any atom is 0.264 e. The average molecular weight is 565 g/mol. The van der Waals surface area contributed by atoms with Gasteiger partial charge in [0.2, 0.25) is 0 Å². The van der Waals surface area contributed by atoms with Crippen molar-refractivity contribution >= 4 is 98.0 Å². The van der Waals surface area contributed by atoms with Crippen LogP contribution in [0.5, 0.6) is 0 Å². The fraction of sp³-hybridized carbons (Fsp3) is 0.0526. The second kappa shape index (κ2) is 7.18. The van der Waals surface area contributed by atoms with Crippen LogP contribution in [0.2, 0.25) is 0 Å². The van der Waals surface area contributed by atoms with Crippen LogP contribution >= 0.6 is 0 Å². The maximum atomic E-state index is 14.1. The van der Waals surface area contributed by atoms with E-state index in [1.54, 1.807) is 8.80 Å². The third kappa shape index (κ3) is 2.40. The highest BCUT2D eigenvalue weighted by atomic mass is 16.1. The van der Waals surface area contributed by atoms with Crippen LogP contribution in [0.25, 0.3) is 98.0 Å². The number of imidazole rings is 2. The molecule has 0 aliphatic carbocycles. The summed E-state index contributed by atoms with van der Waals surface area (Å²) in [7, 11) is 0. The Morgan fingerprint density at radius 1 is 0.432 bits per heavy atom. The second-order valence-electron chi connectivity index (χ2n) is 12.3. The fourth-order valence-corrected chi connectivity index (χ4v) is 8.01. The van der Waals surface area contributed by atoms with Gasteiger partial charge in [0.15, 0.2) is 0 Å². The van der Waals surface area contributed by atoms with Crippen molar-refractivity contribution in [2.75, 3.05) is 0 Å². The summed E-state index contributed by atoms with van der Waals surface area (Å²) in [5.74, 6) is 0. The van der Waals surface area contributed by atoms with E-state index in [0.717, 1.165) is 87.1 Å². The minimum absolute atomic E-state index is 0.0571. The number of aryl methyl sites for hydroxylation is 2. The van der Waals surface area contributed by atoms with Gasteiger partial charge in [-0.05, 0) is 106 Å². The van der Waals surface area contributed by atoms with Crippen LogP contribution < -0.4 is 11.1 Å². The van der Waals surface area contributed by atoms with E-state index in [-0.39, 0.29) is 11.1 Å². The molecule has 11 aromatic rings. The first-order chi connectivity index (χ1) is 21.5.